The van der Waals surface area contributed by atoms with Crippen LogP contribution in [-0.4, -0.2) is 68.0 Å². The Labute approximate surface area is 188 Å². The van der Waals surface area contributed by atoms with Gasteiger partial charge in [-0.3, -0.25) is 19.4 Å². The Morgan fingerprint density at radius 2 is 1.48 bits per heavy atom. The number of nitrogens with one attached hydrogen (secondary N) is 2. The molecule has 1 aliphatic heterocycles. The predicted octanol–water partition coefficient (Wildman–Crippen LogP) is 3.16. The number of carbonyl (C=O) groups excluding carboxylic acids is 2. The van der Waals surface area contributed by atoms with E-state index in [0.29, 0.717) is 23.0 Å². The second-order valence-electron chi connectivity index (χ2n) is 7.76. The van der Waals surface area contributed by atoms with E-state index >= 15 is 0 Å². The van der Waals surface area contributed by atoms with Gasteiger partial charge in [-0.15, -0.1) is 0 Å². The first-order valence-corrected chi connectivity index (χ1v) is 10.7. The zero-order valence-electron chi connectivity index (χ0n) is 18.2. The van der Waals surface area contributed by atoms with E-state index in [2.05, 4.69) is 20.4 Å². The van der Waals surface area contributed by atoms with Crippen molar-refractivity contribution in [3.8, 4) is 5.75 Å². The number of nitrogens with zero attached hydrogens (tertiary/aromatic N) is 2. The summed E-state index contributed by atoms with van der Waals surface area (Å²) in [6.45, 7) is 7.50. The number of halogens is 1. The van der Waals surface area contributed by atoms with Gasteiger partial charge in [0.25, 0.3) is 0 Å². The first-order chi connectivity index (χ1) is 14.9. The van der Waals surface area contributed by atoms with Crippen molar-refractivity contribution >= 4 is 34.8 Å². The fraction of sp³-hybridized carbons (Fsp3) is 0.391. The Hall–Kier alpha value is -2.61. The first-order valence-electron chi connectivity index (χ1n) is 10.3. The first kappa shape index (κ1) is 23.1. The standard InChI is InChI=1S/C23H29ClN4O3/c1-16-5-4-6-17(2)23(16)26-22(30)15-28-11-9-27(10-12-28)14-21(29)25-19-13-18(24)7-8-20(19)31-3/h4-8,13H,9-12,14-15H2,1-3H3,(H,25,29)(H,26,30). The van der Waals surface area contributed by atoms with Crippen LogP contribution in [0.5, 0.6) is 5.75 Å². The average molecular weight is 445 g/mol. The summed E-state index contributed by atoms with van der Waals surface area (Å²) in [6, 6.07) is 11.1. The van der Waals surface area contributed by atoms with Gasteiger partial charge in [-0.2, -0.15) is 0 Å². The van der Waals surface area contributed by atoms with Gasteiger partial charge in [0.15, 0.2) is 0 Å². The molecule has 2 N–H and O–H groups in total. The van der Waals surface area contributed by atoms with Crippen molar-refractivity contribution in [2.45, 2.75) is 13.8 Å². The third-order valence-corrected chi connectivity index (χ3v) is 5.62. The predicted molar refractivity (Wildman–Crippen MR) is 124 cm³/mol. The summed E-state index contributed by atoms with van der Waals surface area (Å²) in [4.78, 5) is 29.1. The molecule has 31 heavy (non-hydrogen) atoms. The molecule has 0 atom stereocenters. The number of piperazine rings is 1. The lowest BCUT2D eigenvalue weighted by Crippen LogP contribution is -2.50. The molecule has 0 radical (unpaired) electrons. The van der Waals surface area contributed by atoms with Crippen LogP contribution in [0.3, 0.4) is 0 Å². The molecule has 2 amide bonds. The highest BCUT2D eigenvalue weighted by Crippen LogP contribution is 2.27. The summed E-state index contributed by atoms with van der Waals surface area (Å²) in [7, 11) is 1.55. The molecule has 0 bridgehead atoms. The minimum Gasteiger partial charge on any atom is -0.495 e. The lowest BCUT2D eigenvalue weighted by atomic mass is 10.1. The summed E-state index contributed by atoms with van der Waals surface area (Å²) in [5, 5.41) is 6.43. The van der Waals surface area contributed by atoms with Crippen molar-refractivity contribution in [2.75, 3.05) is 57.0 Å². The van der Waals surface area contributed by atoms with E-state index in [4.69, 9.17) is 16.3 Å². The van der Waals surface area contributed by atoms with Crippen LogP contribution in [0.1, 0.15) is 11.1 Å². The Bertz CT molecular complexity index is 922. The van der Waals surface area contributed by atoms with E-state index in [9.17, 15) is 9.59 Å². The number of aryl methyl sites for hydroxylation is 2. The number of hydrogen-bond acceptors (Lipinski definition) is 5. The monoisotopic (exact) mass is 444 g/mol. The molecule has 166 valence electrons. The van der Waals surface area contributed by atoms with Gasteiger partial charge in [0, 0.05) is 36.9 Å². The fourth-order valence-corrected chi connectivity index (χ4v) is 3.84. The highest BCUT2D eigenvalue weighted by Gasteiger charge is 2.21. The van der Waals surface area contributed by atoms with E-state index in [0.717, 1.165) is 43.0 Å². The minimum atomic E-state index is -0.123. The van der Waals surface area contributed by atoms with Crippen LogP contribution < -0.4 is 15.4 Å². The van der Waals surface area contributed by atoms with Crippen molar-refractivity contribution in [1.29, 1.82) is 0 Å². The fourth-order valence-electron chi connectivity index (χ4n) is 3.67. The molecule has 0 aliphatic carbocycles. The van der Waals surface area contributed by atoms with E-state index in [1.165, 1.54) is 0 Å². The van der Waals surface area contributed by atoms with Gasteiger partial charge in [0.2, 0.25) is 11.8 Å². The molecule has 1 aliphatic rings. The third-order valence-electron chi connectivity index (χ3n) is 5.38. The summed E-state index contributed by atoms with van der Waals surface area (Å²) < 4.78 is 5.27. The highest BCUT2D eigenvalue weighted by molar-refractivity contribution is 6.31. The van der Waals surface area contributed by atoms with Gasteiger partial charge < -0.3 is 15.4 Å². The van der Waals surface area contributed by atoms with E-state index in [1.54, 1.807) is 25.3 Å². The number of amides is 2. The van der Waals surface area contributed by atoms with Gasteiger partial charge in [-0.05, 0) is 43.2 Å². The normalized spacial score (nSPS) is 14.8. The molecule has 7 nitrogen and oxygen atoms in total. The number of hydrogen-bond donors (Lipinski definition) is 2. The molecule has 0 spiro atoms. The molecule has 8 heteroatoms. The van der Waals surface area contributed by atoms with Gasteiger partial charge >= 0.3 is 0 Å². The molecular formula is C23H29ClN4O3. The number of carbonyl (C=O) groups is 2. The largest absolute Gasteiger partial charge is 0.495 e. The molecule has 2 aromatic carbocycles. The molecule has 0 unspecified atom stereocenters. The number of benzene rings is 2. The third kappa shape index (κ3) is 6.43. The quantitative estimate of drug-likeness (QED) is 0.686. The average Bonchev–Trinajstić information content (AvgIpc) is 2.72. The second-order valence-corrected chi connectivity index (χ2v) is 8.20. The minimum absolute atomic E-state index is 0.0170. The zero-order chi connectivity index (χ0) is 22.4. The van der Waals surface area contributed by atoms with Crippen LogP contribution in [-0.2, 0) is 9.59 Å². The summed E-state index contributed by atoms with van der Waals surface area (Å²) in [5.74, 6) is 0.427. The maximum atomic E-state index is 12.5. The lowest BCUT2D eigenvalue weighted by Gasteiger charge is -2.33. The van der Waals surface area contributed by atoms with Crippen molar-refractivity contribution in [3.63, 3.8) is 0 Å². The van der Waals surface area contributed by atoms with Crippen LogP contribution in [0.2, 0.25) is 5.02 Å². The maximum Gasteiger partial charge on any atom is 0.238 e. The van der Waals surface area contributed by atoms with Crippen LogP contribution in [0.25, 0.3) is 0 Å². The molecule has 3 rings (SSSR count). The molecule has 0 saturated carbocycles. The second kappa shape index (κ2) is 10.6. The number of para-hydroxylation sites is 1. The van der Waals surface area contributed by atoms with Crippen molar-refractivity contribution in [3.05, 3.63) is 52.5 Å². The Morgan fingerprint density at radius 1 is 0.935 bits per heavy atom. The molecular weight excluding hydrogens is 416 g/mol. The topological polar surface area (TPSA) is 73.9 Å². The van der Waals surface area contributed by atoms with E-state index in [-0.39, 0.29) is 18.4 Å². The Kier molecular flexibility index (Phi) is 7.90. The maximum absolute atomic E-state index is 12.5. The van der Waals surface area contributed by atoms with Gasteiger partial charge in [0.05, 0.1) is 25.9 Å². The zero-order valence-corrected chi connectivity index (χ0v) is 19.0. The Morgan fingerprint density at radius 3 is 2.03 bits per heavy atom. The van der Waals surface area contributed by atoms with Gasteiger partial charge in [-0.1, -0.05) is 29.8 Å². The van der Waals surface area contributed by atoms with Crippen LogP contribution in [0.4, 0.5) is 11.4 Å². The summed E-state index contributed by atoms with van der Waals surface area (Å²) >= 11 is 6.02. The SMILES string of the molecule is COc1ccc(Cl)cc1NC(=O)CN1CCN(CC(=O)Nc2c(C)cccc2C)CC1. The number of ether oxygens (including phenoxy) is 1. The number of anilines is 2. The number of rotatable bonds is 7. The Balaban J connectivity index is 1.45. The van der Waals surface area contributed by atoms with Crippen molar-refractivity contribution < 1.29 is 14.3 Å². The molecule has 1 saturated heterocycles. The summed E-state index contributed by atoms with van der Waals surface area (Å²) in [6.07, 6.45) is 0. The van der Waals surface area contributed by atoms with Crippen molar-refractivity contribution in [1.82, 2.24) is 9.80 Å². The van der Waals surface area contributed by atoms with Gasteiger partial charge in [-0.25, -0.2) is 0 Å². The van der Waals surface area contributed by atoms with E-state index < -0.39 is 0 Å². The van der Waals surface area contributed by atoms with Crippen LogP contribution in [0.15, 0.2) is 36.4 Å². The molecule has 2 aromatic rings. The summed E-state index contributed by atoms with van der Waals surface area (Å²) in [5.41, 5.74) is 3.56. The van der Waals surface area contributed by atoms with Crippen molar-refractivity contribution in [2.24, 2.45) is 0 Å². The molecule has 1 heterocycles. The highest BCUT2D eigenvalue weighted by atomic mass is 35.5. The van der Waals surface area contributed by atoms with Gasteiger partial charge in [0.1, 0.15) is 5.75 Å². The smallest absolute Gasteiger partial charge is 0.238 e. The van der Waals surface area contributed by atoms with Crippen LogP contribution in [0, 0.1) is 13.8 Å². The molecule has 1 fully saturated rings. The number of methoxy groups -OCH3 is 1. The lowest BCUT2D eigenvalue weighted by molar-refractivity contribution is -0.120. The van der Waals surface area contributed by atoms with E-state index in [1.807, 2.05) is 32.0 Å². The molecule has 0 aromatic heterocycles. The van der Waals surface area contributed by atoms with Crippen LogP contribution >= 0.6 is 11.6 Å².